The number of ether oxygens (including phenoxy) is 1. The number of aromatic nitrogens is 3. The standard InChI is InChI=1S/C19H14F3N3O2/c1-12-7-16(27-15-3-2-6-23-11-15)9-17(25-12)18(26)8-14-5-4-13(10-24-14)19(20,21)22/h2-7,9-11H,8H2,1H3. The van der Waals surface area contributed by atoms with Gasteiger partial charge in [-0.05, 0) is 31.2 Å². The Balaban J connectivity index is 1.76. The molecule has 0 radical (unpaired) electrons. The zero-order valence-electron chi connectivity index (χ0n) is 14.2. The van der Waals surface area contributed by atoms with E-state index in [0.29, 0.717) is 23.4 Å². The Bertz CT molecular complexity index is 943. The second-order valence-corrected chi connectivity index (χ2v) is 5.76. The van der Waals surface area contributed by atoms with E-state index in [1.807, 2.05) is 0 Å². The van der Waals surface area contributed by atoms with E-state index in [9.17, 15) is 18.0 Å². The topological polar surface area (TPSA) is 65.0 Å². The number of halogens is 3. The van der Waals surface area contributed by atoms with Gasteiger partial charge in [0.05, 0.1) is 18.2 Å². The van der Waals surface area contributed by atoms with E-state index in [-0.39, 0.29) is 23.6 Å². The van der Waals surface area contributed by atoms with Crippen LogP contribution >= 0.6 is 0 Å². The Morgan fingerprint density at radius 3 is 2.56 bits per heavy atom. The number of carbonyl (C=O) groups is 1. The average molecular weight is 373 g/mol. The van der Waals surface area contributed by atoms with E-state index in [4.69, 9.17) is 4.74 Å². The van der Waals surface area contributed by atoms with Gasteiger partial charge in [-0.2, -0.15) is 13.2 Å². The molecule has 3 aromatic heterocycles. The second-order valence-electron chi connectivity index (χ2n) is 5.76. The van der Waals surface area contributed by atoms with Crippen LogP contribution in [0.3, 0.4) is 0 Å². The smallest absolute Gasteiger partial charge is 0.417 e. The molecule has 0 N–H and O–H groups in total. The number of rotatable bonds is 5. The van der Waals surface area contributed by atoms with Crippen molar-refractivity contribution >= 4 is 5.78 Å². The van der Waals surface area contributed by atoms with E-state index in [1.165, 1.54) is 18.3 Å². The van der Waals surface area contributed by atoms with E-state index in [1.54, 1.807) is 31.3 Å². The minimum Gasteiger partial charge on any atom is -0.456 e. The first-order chi connectivity index (χ1) is 12.8. The van der Waals surface area contributed by atoms with Crippen molar-refractivity contribution in [2.24, 2.45) is 0 Å². The summed E-state index contributed by atoms with van der Waals surface area (Å²) in [6.07, 6.45) is -0.781. The quantitative estimate of drug-likeness (QED) is 0.620. The van der Waals surface area contributed by atoms with Crippen LogP contribution in [0.2, 0.25) is 0 Å². The lowest BCUT2D eigenvalue weighted by Gasteiger charge is -2.09. The number of nitrogens with zero attached hydrogens (tertiary/aromatic N) is 3. The molecule has 0 saturated carbocycles. The van der Waals surface area contributed by atoms with Gasteiger partial charge in [0.2, 0.25) is 0 Å². The first-order valence-electron chi connectivity index (χ1n) is 7.93. The van der Waals surface area contributed by atoms with Gasteiger partial charge in [-0.1, -0.05) is 0 Å². The van der Waals surface area contributed by atoms with Gasteiger partial charge in [0.25, 0.3) is 0 Å². The third-order valence-electron chi connectivity index (χ3n) is 3.58. The summed E-state index contributed by atoms with van der Waals surface area (Å²) < 4.78 is 43.4. The number of hydrogen-bond donors (Lipinski definition) is 0. The highest BCUT2D eigenvalue weighted by molar-refractivity contribution is 5.95. The Hall–Kier alpha value is -3.29. The maximum absolute atomic E-state index is 12.6. The van der Waals surface area contributed by atoms with Gasteiger partial charge in [0.1, 0.15) is 17.2 Å². The maximum atomic E-state index is 12.6. The molecule has 3 heterocycles. The van der Waals surface area contributed by atoms with Crippen molar-refractivity contribution < 1.29 is 22.7 Å². The molecule has 0 aromatic carbocycles. The van der Waals surface area contributed by atoms with Crippen molar-refractivity contribution in [1.82, 2.24) is 15.0 Å². The van der Waals surface area contributed by atoms with Crippen molar-refractivity contribution in [3.63, 3.8) is 0 Å². The van der Waals surface area contributed by atoms with Crippen molar-refractivity contribution in [1.29, 1.82) is 0 Å². The molecule has 0 aliphatic carbocycles. The lowest BCUT2D eigenvalue weighted by atomic mass is 10.1. The molecule has 3 aromatic rings. The van der Waals surface area contributed by atoms with Gasteiger partial charge in [-0.25, -0.2) is 4.98 Å². The Morgan fingerprint density at radius 1 is 1.11 bits per heavy atom. The molecule has 0 fully saturated rings. The first kappa shape index (κ1) is 18.5. The fourth-order valence-electron chi connectivity index (χ4n) is 2.33. The predicted octanol–water partition coefficient (Wildman–Crippen LogP) is 4.42. The Morgan fingerprint density at radius 2 is 1.93 bits per heavy atom. The molecule has 27 heavy (non-hydrogen) atoms. The minimum absolute atomic E-state index is 0.149. The molecule has 0 saturated heterocycles. The van der Waals surface area contributed by atoms with Crippen LogP contribution in [0.15, 0.2) is 55.0 Å². The van der Waals surface area contributed by atoms with E-state index in [2.05, 4.69) is 15.0 Å². The van der Waals surface area contributed by atoms with Gasteiger partial charge in [0, 0.05) is 35.9 Å². The van der Waals surface area contributed by atoms with E-state index < -0.39 is 11.7 Å². The molecule has 0 amide bonds. The zero-order valence-corrected chi connectivity index (χ0v) is 14.2. The second kappa shape index (κ2) is 7.53. The highest BCUT2D eigenvalue weighted by Gasteiger charge is 2.30. The molecule has 0 bridgehead atoms. The third-order valence-corrected chi connectivity index (χ3v) is 3.58. The van der Waals surface area contributed by atoms with Crippen LogP contribution in [0.25, 0.3) is 0 Å². The average Bonchev–Trinajstić information content (AvgIpc) is 2.62. The molecule has 138 valence electrons. The van der Waals surface area contributed by atoms with Crippen molar-refractivity contribution in [2.45, 2.75) is 19.5 Å². The SMILES string of the molecule is Cc1cc(Oc2cccnc2)cc(C(=O)Cc2ccc(C(F)(F)F)cn2)n1. The molecule has 0 spiro atoms. The van der Waals surface area contributed by atoms with E-state index >= 15 is 0 Å². The number of pyridine rings is 3. The number of alkyl halides is 3. The van der Waals surface area contributed by atoms with E-state index in [0.717, 1.165) is 6.07 Å². The van der Waals surface area contributed by atoms with Gasteiger partial charge in [0.15, 0.2) is 5.78 Å². The molecular weight excluding hydrogens is 359 g/mol. The Kier molecular flexibility index (Phi) is 5.16. The summed E-state index contributed by atoms with van der Waals surface area (Å²) in [4.78, 5) is 24.3. The summed E-state index contributed by atoms with van der Waals surface area (Å²) in [5, 5.41) is 0. The maximum Gasteiger partial charge on any atom is 0.417 e. The highest BCUT2D eigenvalue weighted by Crippen LogP contribution is 2.28. The van der Waals surface area contributed by atoms with Crippen LogP contribution in [0, 0.1) is 6.92 Å². The molecule has 8 heteroatoms. The molecule has 3 rings (SSSR count). The molecule has 0 atom stereocenters. The van der Waals surface area contributed by atoms with Gasteiger partial charge >= 0.3 is 6.18 Å². The van der Waals surface area contributed by atoms with Crippen LogP contribution in [-0.2, 0) is 12.6 Å². The molecule has 0 unspecified atom stereocenters. The lowest BCUT2D eigenvalue weighted by molar-refractivity contribution is -0.137. The lowest BCUT2D eigenvalue weighted by Crippen LogP contribution is -2.10. The number of Topliss-reactive ketones (excluding diaryl/α,β-unsaturated/α-hetero) is 1. The first-order valence-corrected chi connectivity index (χ1v) is 7.93. The third kappa shape index (κ3) is 4.87. The highest BCUT2D eigenvalue weighted by atomic mass is 19.4. The Labute approximate surface area is 152 Å². The van der Waals surface area contributed by atoms with Crippen LogP contribution in [0.4, 0.5) is 13.2 Å². The monoisotopic (exact) mass is 373 g/mol. The fraction of sp³-hybridized carbons (Fsp3) is 0.158. The van der Waals surface area contributed by atoms with Crippen LogP contribution < -0.4 is 4.74 Å². The number of aryl methyl sites for hydroxylation is 1. The summed E-state index contributed by atoms with van der Waals surface area (Å²) in [7, 11) is 0. The predicted molar refractivity (Wildman–Crippen MR) is 90.6 cm³/mol. The zero-order chi connectivity index (χ0) is 19.4. The van der Waals surface area contributed by atoms with Crippen molar-refractivity contribution in [3.8, 4) is 11.5 Å². The summed E-state index contributed by atoms with van der Waals surface area (Å²) in [5.74, 6) is 0.548. The number of carbonyl (C=O) groups excluding carboxylic acids is 1. The molecule has 0 aliphatic rings. The van der Waals surface area contributed by atoms with Gasteiger partial charge in [-0.15, -0.1) is 0 Å². The largest absolute Gasteiger partial charge is 0.456 e. The van der Waals surface area contributed by atoms with Crippen molar-refractivity contribution in [3.05, 3.63) is 77.6 Å². The summed E-state index contributed by atoms with van der Waals surface area (Å²) >= 11 is 0. The molecule has 5 nitrogen and oxygen atoms in total. The van der Waals surface area contributed by atoms with Gasteiger partial charge < -0.3 is 4.74 Å². The van der Waals surface area contributed by atoms with Crippen LogP contribution in [-0.4, -0.2) is 20.7 Å². The van der Waals surface area contributed by atoms with Crippen LogP contribution in [0.5, 0.6) is 11.5 Å². The molecule has 0 aliphatic heterocycles. The summed E-state index contributed by atoms with van der Waals surface area (Å²) in [5.41, 5.74) is 0.0845. The number of hydrogen-bond acceptors (Lipinski definition) is 5. The minimum atomic E-state index is -4.47. The summed E-state index contributed by atoms with van der Waals surface area (Å²) in [6.45, 7) is 1.71. The van der Waals surface area contributed by atoms with Crippen LogP contribution in [0.1, 0.15) is 27.4 Å². The molecular formula is C19H14F3N3O2. The number of ketones is 1. The fourth-order valence-corrected chi connectivity index (χ4v) is 2.33. The summed E-state index contributed by atoms with van der Waals surface area (Å²) in [6, 6.07) is 8.66. The van der Waals surface area contributed by atoms with Crippen molar-refractivity contribution in [2.75, 3.05) is 0 Å². The van der Waals surface area contributed by atoms with Gasteiger partial charge in [-0.3, -0.25) is 14.8 Å². The normalized spacial score (nSPS) is 11.3.